The molecule has 106 valence electrons. The van der Waals surface area contributed by atoms with Crippen molar-refractivity contribution in [3.05, 3.63) is 29.8 Å². The monoisotopic (exact) mass is 285 g/mol. The van der Waals surface area contributed by atoms with Gasteiger partial charge in [-0.3, -0.25) is 0 Å². The highest BCUT2D eigenvalue weighted by molar-refractivity contribution is 7.89. The van der Waals surface area contributed by atoms with Gasteiger partial charge in [-0.2, -0.15) is 0 Å². The molecule has 1 rings (SSSR count). The molecule has 0 aromatic heterocycles. The molecular formula is C12H19N3O3S. The molecule has 0 bridgehead atoms. The van der Waals surface area contributed by atoms with Gasteiger partial charge in [-0.1, -0.05) is 12.1 Å². The number of nitrogens with two attached hydrogens (primary N) is 1. The number of nitrogen functional groups attached to an aromatic ring is 1. The molecule has 1 aromatic rings. The van der Waals surface area contributed by atoms with Gasteiger partial charge in [0.1, 0.15) is 0 Å². The molecule has 0 spiro atoms. The van der Waals surface area contributed by atoms with Crippen LogP contribution in [0.2, 0.25) is 0 Å². The maximum atomic E-state index is 11.8. The molecule has 0 saturated heterocycles. The Morgan fingerprint density at radius 2 is 1.74 bits per heavy atom. The molecule has 6 nitrogen and oxygen atoms in total. The van der Waals surface area contributed by atoms with E-state index in [0.717, 1.165) is 0 Å². The predicted molar refractivity (Wildman–Crippen MR) is 74.9 cm³/mol. The average Bonchev–Trinajstić information content (AvgIpc) is 2.17. The molecule has 2 amide bonds. The molecule has 0 aliphatic heterocycles. The van der Waals surface area contributed by atoms with Crippen molar-refractivity contribution in [2.45, 2.75) is 32.1 Å². The Hall–Kier alpha value is -1.76. The third-order valence-electron chi connectivity index (χ3n) is 2.07. The lowest BCUT2D eigenvalue weighted by Crippen LogP contribution is -2.48. The summed E-state index contributed by atoms with van der Waals surface area (Å²) >= 11 is 0. The van der Waals surface area contributed by atoms with Gasteiger partial charge in [-0.05, 0) is 38.5 Å². The van der Waals surface area contributed by atoms with Crippen LogP contribution >= 0.6 is 0 Å². The lowest BCUT2D eigenvalue weighted by molar-refractivity contribution is 0.237. The van der Waals surface area contributed by atoms with Crippen molar-refractivity contribution in [3.63, 3.8) is 0 Å². The summed E-state index contributed by atoms with van der Waals surface area (Å²) in [4.78, 5) is 11.5. The van der Waals surface area contributed by atoms with Gasteiger partial charge < -0.3 is 11.1 Å². The lowest BCUT2D eigenvalue weighted by atomic mass is 10.1. The Labute approximate surface area is 113 Å². The van der Waals surface area contributed by atoms with E-state index in [4.69, 9.17) is 5.73 Å². The third kappa shape index (κ3) is 6.10. The maximum absolute atomic E-state index is 11.8. The van der Waals surface area contributed by atoms with Gasteiger partial charge in [0, 0.05) is 11.2 Å². The van der Waals surface area contributed by atoms with Gasteiger partial charge in [0.15, 0.2) is 0 Å². The highest BCUT2D eigenvalue weighted by Crippen LogP contribution is 2.08. The molecule has 1 aromatic carbocycles. The summed E-state index contributed by atoms with van der Waals surface area (Å²) in [6.45, 7) is 5.29. The van der Waals surface area contributed by atoms with E-state index in [-0.39, 0.29) is 5.75 Å². The van der Waals surface area contributed by atoms with Gasteiger partial charge >= 0.3 is 6.03 Å². The first kappa shape index (κ1) is 15.3. The number of nitrogens with one attached hydrogen (secondary N) is 2. The molecule has 19 heavy (non-hydrogen) atoms. The second-order valence-electron chi connectivity index (χ2n) is 5.31. The van der Waals surface area contributed by atoms with E-state index < -0.39 is 21.6 Å². The zero-order chi connectivity index (χ0) is 14.7. The number of amides is 2. The van der Waals surface area contributed by atoms with Crippen LogP contribution in [-0.2, 0) is 15.8 Å². The number of carbonyl (C=O) groups is 1. The standard InChI is InChI=1S/C12H19N3O3S/c1-12(2,3)14-11(16)15-19(17,18)8-9-4-6-10(13)7-5-9/h4-7H,8,13H2,1-3H3,(H2,14,15,16). The van der Waals surface area contributed by atoms with Crippen LogP contribution in [0, 0.1) is 0 Å². The fourth-order valence-electron chi connectivity index (χ4n) is 1.38. The Bertz CT molecular complexity index is 545. The number of anilines is 1. The van der Waals surface area contributed by atoms with Crippen molar-refractivity contribution in [2.75, 3.05) is 5.73 Å². The lowest BCUT2D eigenvalue weighted by Gasteiger charge is -2.20. The minimum absolute atomic E-state index is 0.273. The summed E-state index contributed by atoms with van der Waals surface area (Å²) < 4.78 is 25.5. The first-order valence-corrected chi connectivity index (χ1v) is 7.40. The number of benzene rings is 1. The number of hydrogen-bond acceptors (Lipinski definition) is 4. The van der Waals surface area contributed by atoms with Crippen LogP contribution in [0.5, 0.6) is 0 Å². The predicted octanol–water partition coefficient (Wildman–Crippen LogP) is 1.20. The highest BCUT2D eigenvalue weighted by Gasteiger charge is 2.19. The van der Waals surface area contributed by atoms with Crippen LogP contribution in [0.25, 0.3) is 0 Å². The van der Waals surface area contributed by atoms with Crippen LogP contribution in [0.4, 0.5) is 10.5 Å². The number of hydrogen-bond donors (Lipinski definition) is 3. The molecule has 4 N–H and O–H groups in total. The van der Waals surface area contributed by atoms with E-state index in [1.807, 2.05) is 4.72 Å². The topological polar surface area (TPSA) is 101 Å². The van der Waals surface area contributed by atoms with E-state index >= 15 is 0 Å². The highest BCUT2D eigenvalue weighted by atomic mass is 32.2. The van der Waals surface area contributed by atoms with E-state index in [9.17, 15) is 13.2 Å². The molecular weight excluding hydrogens is 266 g/mol. The molecule has 0 radical (unpaired) electrons. The van der Waals surface area contributed by atoms with Crippen LogP contribution in [0.3, 0.4) is 0 Å². The Morgan fingerprint density at radius 3 is 2.21 bits per heavy atom. The average molecular weight is 285 g/mol. The first-order valence-electron chi connectivity index (χ1n) is 5.74. The fourth-order valence-corrected chi connectivity index (χ4v) is 2.41. The summed E-state index contributed by atoms with van der Waals surface area (Å²) in [6.07, 6.45) is 0. The Kier molecular flexibility index (Phi) is 4.41. The van der Waals surface area contributed by atoms with Crippen LogP contribution in [0.1, 0.15) is 26.3 Å². The minimum atomic E-state index is -3.72. The fraction of sp³-hybridized carbons (Fsp3) is 0.417. The molecule has 0 atom stereocenters. The Morgan fingerprint density at radius 1 is 1.21 bits per heavy atom. The summed E-state index contributed by atoms with van der Waals surface area (Å²) in [5, 5.41) is 2.52. The molecule has 0 aliphatic rings. The summed E-state index contributed by atoms with van der Waals surface area (Å²) in [7, 11) is -3.72. The van der Waals surface area contributed by atoms with Crippen molar-refractivity contribution in [1.82, 2.24) is 10.0 Å². The molecule has 0 aliphatic carbocycles. The van der Waals surface area contributed by atoms with Gasteiger partial charge in [-0.15, -0.1) is 0 Å². The molecule has 0 saturated carbocycles. The Balaban J connectivity index is 2.67. The van der Waals surface area contributed by atoms with Gasteiger partial charge in [-0.25, -0.2) is 17.9 Å². The first-order chi connectivity index (χ1) is 8.57. The van der Waals surface area contributed by atoms with Crippen LogP contribution in [-0.4, -0.2) is 20.0 Å². The van der Waals surface area contributed by atoms with E-state index in [1.165, 1.54) is 0 Å². The smallest absolute Gasteiger partial charge is 0.328 e. The summed E-state index contributed by atoms with van der Waals surface area (Å²) in [6, 6.07) is 5.70. The molecule has 0 unspecified atom stereocenters. The van der Waals surface area contributed by atoms with E-state index in [2.05, 4.69) is 5.32 Å². The second kappa shape index (κ2) is 5.48. The quantitative estimate of drug-likeness (QED) is 0.726. The maximum Gasteiger partial charge on any atom is 0.328 e. The summed E-state index contributed by atoms with van der Waals surface area (Å²) in [5.74, 6) is -0.273. The second-order valence-corrected chi connectivity index (χ2v) is 7.03. The SMILES string of the molecule is CC(C)(C)NC(=O)NS(=O)(=O)Cc1ccc(N)cc1. The molecule has 0 fully saturated rings. The van der Waals surface area contributed by atoms with Crippen molar-refractivity contribution in [3.8, 4) is 0 Å². The van der Waals surface area contributed by atoms with Crippen molar-refractivity contribution in [2.24, 2.45) is 0 Å². The number of rotatable bonds is 3. The van der Waals surface area contributed by atoms with E-state index in [1.54, 1.807) is 45.0 Å². The van der Waals surface area contributed by atoms with Crippen LogP contribution < -0.4 is 15.8 Å². The van der Waals surface area contributed by atoms with Gasteiger partial charge in [0.25, 0.3) is 0 Å². The number of urea groups is 1. The van der Waals surface area contributed by atoms with Crippen molar-refractivity contribution in [1.29, 1.82) is 0 Å². The normalized spacial score (nSPS) is 11.9. The summed E-state index contributed by atoms with van der Waals surface area (Å²) in [5.41, 5.74) is 6.13. The zero-order valence-corrected chi connectivity index (χ0v) is 12.0. The van der Waals surface area contributed by atoms with Gasteiger partial charge in [0.2, 0.25) is 10.0 Å². The number of carbonyl (C=O) groups excluding carboxylic acids is 1. The third-order valence-corrected chi connectivity index (χ3v) is 3.28. The largest absolute Gasteiger partial charge is 0.399 e. The van der Waals surface area contributed by atoms with Gasteiger partial charge in [0.05, 0.1) is 5.75 Å². The van der Waals surface area contributed by atoms with E-state index in [0.29, 0.717) is 11.3 Å². The number of sulfonamides is 1. The van der Waals surface area contributed by atoms with Crippen LogP contribution in [0.15, 0.2) is 24.3 Å². The molecule has 0 heterocycles. The molecule has 7 heteroatoms. The van der Waals surface area contributed by atoms with Crippen molar-refractivity contribution < 1.29 is 13.2 Å². The van der Waals surface area contributed by atoms with Crippen molar-refractivity contribution >= 4 is 21.7 Å². The zero-order valence-electron chi connectivity index (χ0n) is 11.2. The minimum Gasteiger partial charge on any atom is -0.399 e.